The summed E-state index contributed by atoms with van der Waals surface area (Å²) in [5.74, 6) is 1.17. The van der Waals surface area contributed by atoms with Crippen molar-refractivity contribution in [2.24, 2.45) is 5.73 Å². The van der Waals surface area contributed by atoms with Crippen molar-refractivity contribution in [1.29, 1.82) is 0 Å². The number of carbonyl (C=O) groups excluding carboxylic acids is 1. The van der Waals surface area contributed by atoms with Crippen LogP contribution < -0.4 is 15.2 Å². The number of nitrogens with zero attached hydrogens (tertiary/aromatic N) is 1. The molecular formula is C19H22N2O3. The summed E-state index contributed by atoms with van der Waals surface area (Å²) in [5, 5.41) is 0. The number of carbonyl (C=O) groups is 1. The minimum atomic E-state index is -0.0409. The lowest BCUT2D eigenvalue weighted by Crippen LogP contribution is -2.35. The molecule has 3 rings (SSSR count). The van der Waals surface area contributed by atoms with Gasteiger partial charge in [0.15, 0.2) is 18.1 Å². The number of hydrogen-bond acceptors (Lipinski definition) is 4. The van der Waals surface area contributed by atoms with Crippen LogP contribution in [-0.4, -0.2) is 36.5 Å². The van der Waals surface area contributed by atoms with Gasteiger partial charge in [-0.1, -0.05) is 42.5 Å². The summed E-state index contributed by atoms with van der Waals surface area (Å²) < 4.78 is 11.5. The lowest BCUT2D eigenvalue weighted by molar-refractivity contribution is -0.132. The Hall–Kier alpha value is -2.53. The van der Waals surface area contributed by atoms with E-state index in [0.717, 1.165) is 12.0 Å². The Morgan fingerprint density at radius 3 is 2.38 bits per heavy atom. The summed E-state index contributed by atoms with van der Waals surface area (Å²) in [6.07, 6.45) is 0.850. The van der Waals surface area contributed by atoms with Gasteiger partial charge in [-0.25, -0.2) is 0 Å². The molecule has 0 radical (unpaired) electrons. The highest BCUT2D eigenvalue weighted by molar-refractivity contribution is 5.78. The smallest absolute Gasteiger partial charge is 0.260 e. The Morgan fingerprint density at radius 1 is 1.04 bits per heavy atom. The number of ether oxygens (including phenoxy) is 2. The molecule has 0 bridgehead atoms. The van der Waals surface area contributed by atoms with Crippen LogP contribution in [-0.2, 0) is 11.4 Å². The number of likely N-dealkylation sites (tertiary alicyclic amines) is 1. The largest absolute Gasteiger partial charge is 0.485 e. The monoisotopic (exact) mass is 326 g/mol. The van der Waals surface area contributed by atoms with Crippen molar-refractivity contribution >= 4 is 5.91 Å². The standard InChI is InChI=1S/C19H22N2O3/c20-16-10-11-21(12-16)19(22)14-24-18-9-5-4-8-17(18)23-13-15-6-2-1-3-7-15/h1-9,16H,10-14,20H2/t16-/m1/s1. The Balaban J connectivity index is 1.56. The van der Waals surface area contributed by atoms with Gasteiger partial charge in [-0.15, -0.1) is 0 Å². The third-order valence-electron chi connectivity index (χ3n) is 4.01. The summed E-state index contributed by atoms with van der Waals surface area (Å²) in [4.78, 5) is 13.9. The molecule has 2 aromatic carbocycles. The fourth-order valence-electron chi connectivity index (χ4n) is 2.67. The molecule has 5 nitrogen and oxygen atoms in total. The van der Waals surface area contributed by atoms with E-state index in [9.17, 15) is 4.79 Å². The Bertz CT molecular complexity index is 675. The summed E-state index contributed by atoms with van der Waals surface area (Å²) in [5.41, 5.74) is 6.91. The molecule has 0 aromatic heterocycles. The average Bonchev–Trinajstić information content (AvgIpc) is 3.06. The van der Waals surface area contributed by atoms with Crippen LogP contribution in [0.25, 0.3) is 0 Å². The summed E-state index contributed by atoms with van der Waals surface area (Å²) >= 11 is 0. The Labute approximate surface area is 142 Å². The number of para-hydroxylation sites is 2. The molecule has 0 saturated carbocycles. The van der Waals surface area contributed by atoms with Crippen LogP contribution in [0.5, 0.6) is 11.5 Å². The number of hydrogen-bond donors (Lipinski definition) is 1. The SMILES string of the molecule is N[C@@H]1CCN(C(=O)COc2ccccc2OCc2ccccc2)C1. The zero-order valence-electron chi connectivity index (χ0n) is 13.6. The van der Waals surface area contributed by atoms with Crippen LogP contribution in [0.2, 0.25) is 0 Å². The summed E-state index contributed by atoms with van der Waals surface area (Å²) in [6.45, 7) is 1.76. The van der Waals surface area contributed by atoms with Crippen LogP contribution in [0, 0.1) is 0 Å². The molecule has 1 amide bonds. The van der Waals surface area contributed by atoms with E-state index in [4.69, 9.17) is 15.2 Å². The Kier molecular flexibility index (Phi) is 5.33. The van der Waals surface area contributed by atoms with Gasteiger partial charge >= 0.3 is 0 Å². The molecule has 1 saturated heterocycles. The highest BCUT2D eigenvalue weighted by Crippen LogP contribution is 2.27. The molecule has 1 fully saturated rings. The highest BCUT2D eigenvalue weighted by atomic mass is 16.5. The van der Waals surface area contributed by atoms with Gasteiger partial charge in [-0.05, 0) is 24.1 Å². The van der Waals surface area contributed by atoms with Gasteiger partial charge in [0.1, 0.15) is 6.61 Å². The first-order chi connectivity index (χ1) is 11.7. The van der Waals surface area contributed by atoms with Crippen molar-refractivity contribution in [2.45, 2.75) is 19.1 Å². The van der Waals surface area contributed by atoms with Gasteiger partial charge in [-0.3, -0.25) is 4.79 Å². The van der Waals surface area contributed by atoms with Crippen LogP contribution in [0.4, 0.5) is 0 Å². The van der Waals surface area contributed by atoms with E-state index in [1.54, 1.807) is 4.90 Å². The van der Waals surface area contributed by atoms with E-state index in [1.165, 1.54) is 0 Å². The van der Waals surface area contributed by atoms with Crippen molar-refractivity contribution in [3.8, 4) is 11.5 Å². The van der Waals surface area contributed by atoms with E-state index in [0.29, 0.717) is 31.2 Å². The molecule has 1 aliphatic heterocycles. The maximum absolute atomic E-state index is 12.2. The number of amides is 1. The van der Waals surface area contributed by atoms with E-state index in [-0.39, 0.29) is 18.6 Å². The molecule has 5 heteroatoms. The summed E-state index contributed by atoms with van der Waals surface area (Å²) in [6, 6.07) is 17.4. The van der Waals surface area contributed by atoms with E-state index in [2.05, 4.69) is 0 Å². The molecule has 0 spiro atoms. The maximum atomic E-state index is 12.2. The van der Waals surface area contributed by atoms with E-state index < -0.39 is 0 Å². The molecule has 2 N–H and O–H groups in total. The molecule has 1 aliphatic rings. The predicted molar refractivity (Wildman–Crippen MR) is 91.9 cm³/mol. The van der Waals surface area contributed by atoms with Crippen LogP contribution in [0.3, 0.4) is 0 Å². The molecule has 0 unspecified atom stereocenters. The average molecular weight is 326 g/mol. The van der Waals surface area contributed by atoms with Gasteiger partial charge in [-0.2, -0.15) is 0 Å². The molecule has 1 heterocycles. The van der Waals surface area contributed by atoms with Gasteiger partial charge in [0.2, 0.25) is 0 Å². The minimum absolute atomic E-state index is 0.00156. The van der Waals surface area contributed by atoms with Gasteiger partial charge in [0.05, 0.1) is 0 Å². The molecule has 2 aromatic rings. The highest BCUT2D eigenvalue weighted by Gasteiger charge is 2.23. The van der Waals surface area contributed by atoms with E-state index >= 15 is 0 Å². The van der Waals surface area contributed by atoms with Crippen molar-refractivity contribution in [3.63, 3.8) is 0 Å². The minimum Gasteiger partial charge on any atom is -0.485 e. The first kappa shape index (κ1) is 16.3. The number of rotatable bonds is 6. The number of nitrogens with two attached hydrogens (primary N) is 1. The summed E-state index contributed by atoms with van der Waals surface area (Å²) in [7, 11) is 0. The molecular weight excluding hydrogens is 304 g/mol. The van der Waals surface area contributed by atoms with Crippen molar-refractivity contribution in [3.05, 3.63) is 60.2 Å². The van der Waals surface area contributed by atoms with Crippen LogP contribution >= 0.6 is 0 Å². The Morgan fingerprint density at radius 2 is 1.71 bits per heavy atom. The van der Waals surface area contributed by atoms with Crippen molar-refractivity contribution in [1.82, 2.24) is 4.90 Å². The van der Waals surface area contributed by atoms with E-state index in [1.807, 2.05) is 54.6 Å². The lowest BCUT2D eigenvalue weighted by Gasteiger charge is -2.17. The molecule has 24 heavy (non-hydrogen) atoms. The fraction of sp³-hybridized carbons (Fsp3) is 0.316. The first-order valence-electron chi connectivity index (χ1n) is 8.14. The lowest BCUT2D eigenvalue weighted by atomic mass is 10.2. The zero-order chi connectivity index (χ0) is 16.8. The fourth-order valence-corrected chi connectivity index (χ4v) is 2.67. The predicted octanol–water partition coefficient (Wildman–Crippen LogP) is 2.20. The second-order valence-corrected chi connectivity index (χ2v) is 5.90. The first-order valence-corrected chi connectivity index (χ1v) is 8.14. The molecule has 1 atom stereocenters. The second-order valence-electron chi connectivity index (χ2n) is 5.90. The third kappa shape index (κ3) is 4.26. The quantitative estimate of drug-likeness (QED) is 0.884. The topological polar surface area (TPSA) is 64.8 Å². The van der Waals surface area contributed by atoms with Gasteiger partial charge in [0, 0.05) is 19.1 Å². The molecule has 126 valence electrons. The van der Waals surface area contributed by atoms with Crippen molar-refractivity contribution < 1.29 is 14.3 Å². The van der Waals surface area contributed by atoms with Crippen molar-refractivity contribution in [2.75, 3.05) is 19.7 Å². The maximum Gasteiger partial charge on any atom is 0.260 e. The van der Waals surface area contributed by atoms with Crippen LogP contribution in [0.1, 0.15) is 12.0 Å². The second kappa shape index (κ2) is 7.84. The van der Waals surface area contributed by atoms with Gasteiger partial charge < -0.3 is 20.1 Å². The third-order valence-corrected chi connectivity index (χ3v) is 4.01. The number of benzene rings is 2. The van der Waals surface area contributed by atoms with Gasteiger partial charge in [0.25, 0.3) is 5.91 Å². The normalized spacial score (nSPS) is 16.9. The zero-order valence-corrected chi connectivity index (χ0v) is 13.6. The van der Waals surface area contributed by atoms with Crippen LogP contribution in [0.15, 0.2) is 54.6 Å². The molecule has 0 aliphatic carbocycles.